The maximum atomic E-state index is 12.0. The Morgan fingerprint density at radius 3 is 2.54 bits per heavy atom. The fraction of sp³-hybridized carbons (Fsp3) is 0.118. The first-order valence-corrected chi connectivity index (χ1v) is 6.94. The van der Waals surface area contributed by atoms with Crippen LogP contribution in [0.25, 0.3) is 0 Å². The summed E-state index contributed by atoms with van der Waals surface area (Å²) in [6.45, 7) is -0.335. The summed E-state index contributed by atoms with van der Waals surface area (Å²) in [5, 5.41) is 11.5. The van der Waals surface area contributed by atoms with Gasteiger partial charge in [-0.2, -0.15) is 0 Å². The number of amides is 1. The van der Waals surface area contributed by atoms with Crippen molar-refractivity contribution in [2.45, 2.75) is 0 Å². The van der Waals surface area contributed by atoms with Crippen LogP contribution >= 0.6 is 0 Å². The second-order valence-electron chi connectivity index (χ2n) is 4.71. The number of para-hydroxylation sites is 1. The molecule has 0 aliphatic rings. The fourth-order valence-corrected chi connectivity index (χ4v) is 1.93. The van der Waals surface area contributed by atoms with Crippen molar-refractivity contribution in [3.8, 4) is 5.75 Å². The van der Waals surface area contributed by atoms with E-state index >= 15 is 0 Å². The molecule has 0 saturated carbocycles. The fourth-order valence-electron chi connectivity index (χ4n) is 1.93. The number of rotatable bonds is 6. The van der Waals surface area contributed by atoms with Crippen molar-refractivity contribution in [2.75, 3.05) is 19.0 Å². The van der Waals surface area contributed by atoms with Crippen LogP contribution in [0.5, 0.6) is 5.75 Å². The molecule has 2 aromatic carbocycles. The number of carboxylic acid groups (broad SMARTS) is 1. The van der Waals surface area contributed by atoms with Crippen molar-refractivity contribution >= 4 is 23.5 Å². The lowest BCUT2D eigenvalue weighted by Crippen LogP contribution is -2.21. The zero-order chi connectivity index (χ0) is 17.5. The number of hydrogen-bond acceptors (Lipinski definition) is 5. The summed E-state index contributed by atoms with van der Waals surface area (Å²) >= 11 is 0. The van der Waals surface area contributed by atoms with E-state index < -0.39 is 17.8 Å². The Kier molecular flexibility index (Phi) is 5.51. The Morgan fingerprint density at radius 2 is 1.83 bits per heavy atom. The third-order valence-corrected chi connectivity index (χ3v) is 3.06. The van der Waals surface area contributed by atoms with Crippen molar-refractivity contribution in [1.29, 1.82) is 0 Å². The van der Waals surface area contributed by atoms with Gasteiger partial charge in [-0.3, -0.25) is 4.79 Å². The summed E-state index contributed by atoms with van der Waals surface area (Å²) in [5.41, 5.74) is 0.586. The highest BCUT2D eigenvalue weighted by molar-refractivity contribution is 6.01. The molecule has 0 aliphatic heterocycles. The highest BCUT2D eigenvalue weighted by Gasteiger charge is 2.13. The van der Waals surface area contributed by atoms with Gasteiger partial charge in [-0.05, 0) is 30.3 Å². The smallest absolute Gasteiger partial charge is 0.339 e. The molecule has 0 spiro atoms. The largest absolute Gasteiger partial charge is 0.484 e. The Morgan fingerprint density at radius 1 is 1.08 bits per heavy atom. The molecule has 0 aliphatic carbocycles. The molecule has 7 nitrogen and oxygen atoms in total. The average Bonchev–Trinajstić information content (AvgIpc) is 2.60. The van der Waals surface area contributed by atoms with Gasteiger partial charge in [-0.25, -0.2) is 9.59 Å². The van der Waals surface area contributed by atoms with Gasteiger partial charge in [0.15, 0.2) is 6.61 Å². The van der Waals surface area contributed by atoms with Gasteiger partial charge < -0.3 is 19.9 Å². The van der Waals surface area contributed by atoms with Gasteiger partial charge in [-0.15, -0.1) is 0 Å². The number of methoxy groups -OCH3 is 1. The van der Waals surface area contributed by atoms with Crippen LogP contribution in [0.4, 0.5) is 5.69 Å². The minimum absolute atomic E-state index is 0.0592. The van der Waals surface area contributed by atoms with Gasteiger partial charge in [0.1, 0.15) is 5.75 Å². The summed E-state index contributed by atoms with van der Waals surface area (Å²) in [5.74, 6) is -1.89. The van der Waals surface area contributed by atoms with E-state index in [1.807, 2.05) is 0 Å². The van der Waals surface area contributed by atoms with Gasteiger partial charge in [0.25, 0.3) is 5.91 Å². The first-order valence-electron chi connectivity index (χ1n) is 6.94. The van der Waals surface area contributed by atoms with E-state index in [1.54, 1.807) is 24.3 Å². The van der Waals surface area contributed by atoms with Gasteiger partial charge >= 0.3 is 11.9 Å². The van der Waals surface area contributed by atoms with Crippen molar-refractivity contribution in [1.82, 2.24) is 0 Å². The van der Waals surface area contributed by atoms with Crippen LogP contribution in [0, 0.1) is 0 Å². The van der Waals surface area contributed by atoms with Crippen LogP contribution in [-0.2, 0) is 9.53 Å². The molecule has 2 N–H and O–H groups in total. The Balaban J connectivity index is 2.01. The van der Waals surface area contributed by atoms with Crippen LogP contribution in [-0.4, -0.2) is 36.7 Å². The first-order chi connectivity index (χ1) is 11.5. The van der Waals surface area contributed by atoms with Crippen molar-refractivity contribution in [2.24, 2.45) is 0 Å². The predicted octanol–water partition coefficient (Wildman–Crippen LogP) is 2.19. The molecule has 1 amide bonds. The third-order valence-electron chi connectivity index (χ3n) is 3.06. The normalized spacial score (nSPS) is 9.88. The van der Waals surface area contributed by atoms with Crippen LogP contribution in [0.2, 0.25) is 0 Å². The van der Waals surface area contributed by atoms with E-state index in [2.05, 4.69) is 10.1 Å². The van der Waals surface area contributed by atoms with E-state index in [1.165, 1.54) is 31.4 Å². The highest BCUT2D eigenvalue weighted by atomic mass is 16.5. The summed E-state index contributed by atoms with van der Waals surface area (Å²) in [6, 6.07) is 12.2. The van der Waals surface area contributed by atoms with E-state index in [-0.39, 0.29) is 23.5 Å². The molecule has 0 radical (unpaired) electrons. The number of esters is 1. The van der Waals surface area contributed by atoms with Crippen molar-refractivity contribution in [3.05, 3.63) is 59.7 Å². The standard InChI is InChI=1S/C17H15NO6/c1-23-17(22)13-7-2-3-8-14(13)18-15(19)10-24-12-6-4-5-11(9-12)16(20)21/h2-9H,10H2,1H3,(H,18,19)(H,20,21). The summed E-state index contributed by atoms with van der Waals surface area (Å²) in [7, 11) is 1.25. The van der Waals surface area contributed by atoms with Gasteiger partial charge in [0.05, 0.1) is 23.9 Å². The number of carbonyl (C=O) groups excluding carboxylic acids is 2. The van der Waals surface area contributed by atoms with E-state index in [9.17, 15) is 14.4 Å². The number of benzene rings is 2. The van der Waals surface area contributed by atoms with Gasteiger partial charge in [0, 0.05) is 0 Å². The first kappa shape index (κ1) is 17.0. The number of nitrogens with one attached hydrogen (secondary N) is 1. The molecular weight excluding hydrogens is 314 g/mol. The molecule has 0 saturated heterocycles. The predicted molar refractivity (Wildman–Crippen MR) is 85.3 cm³/mol. The lowest BCUT2D eigenvalue weighted by Gasteiger charge is -2.10. The average molecular weight is 329 g/mol. The maximum Gasteiger partial charge on any atom is 0.339 e. The molecule has 0 bridgehead atoms. The number of anilines is 1. The summed E-state index contributed by atoms with van der Waals surface area (Å²) in [4.78, 5) is 34.5. The maximum absolute atomic E-state index is 12.0. The SMILES string of the molecule is COC(=O)c1ccccc1NC(=O)COc1cccc(C(=O)O)c1. The molecular formula is C17H15NO6. The number of aromatic carboxylic acids is 1. The molecule has 0 heterocycles. The highest BCUT2D eigenvalue weighted by Crippen LogP contribution is 2.17. The summed E-state index contributed by atoms with van der Waals surface area (Å²) in [6.07, 6.45) is 0. The van der Waals surface area contributed by atoms with Crippen LogP contribution < -0.4 is 10.1 Å². The minimum atomic E-state index is -1.09. The van der Waals surface area contributed by atoms with Crippen molar-refractivity contribution in [3.63, 3.8) is 0 Å². The van der Waals surface area contributed by atoms with Crippen LogP contribution in [0.1, 0.15) is 20.7 Å². The van der Waals surface area contributed by atoms with E-state index in [4.69, 9.17) is 9.84 Å². The quantitative estimate of drug-likeness (QED) is 0.788. The molecule has 2 rings (SSSR count). The van der Waals surface area contributed by atoms with Crippen molar-refractivity contribution < 1.29 is 29.0 Å². The Bertz CT molecular complexity index is 771. The zero-order valence-electron chi connectivity index (χ0n) is 12.8. The second kappa shape index (κ2) is 7.77. The topological polar surface area (TPSA) is 102 Å². The number of carboxylic acids is 1. The van der Waals surface area contributed by atoms with Gasteiger partial charge in [-0.1, -0.05) is 18.2 Å². The number of hydrogen-bond donors (Lipinski definition) is 2. The second-order valence-corrected chi connectivity index (χ2v) is 4.71. The number of carbonyl (C=O) groups is 3. The molecule has 124 valence electrons. The molecule has 0 fully saturated rings. The molecule has 0 atom stereocenters. The zero-order valence-corrected chi connectivity index (χ0v) is 12.8. The lowest BCUT2D eigenvalue weighted by molar-refractivity contribution is -0.118. The molecule has 24 heavy (non-hydrogen) atoms. The van der Waals surface area contributed by atoms with E-state index in [0.29, 0.717) is 5.69 Å². The molecule has 0 aromatic heterocycles. The van der Waals surface area contributed by atoms with Crippen LogP contribution in [0.15, 0.2) is 48.5 Å². The Hall–Kier alpha value is -3.35. The Labute approximate surface area is 137 Å². The lowest BCUT2D eigenvalue weighted by atomic mass is 10.2. The molecule has 7 heteroatoms. The molecule has 0 unspecified atom stereocenters. The minimum Gasteiger partial charge on any atom is -0.484 e. The number of ether oxygens (including phenoxy) is 2. The van der Waals surface area contributed by atoms with Gasteiger partial charge in [0.2, 0.25) is 0 Å². The summed E-state index contributed by atoms with van der Waals surface area (Å²) < 4.78 is 9.91. The molecule has 2 aromatic rings. The third kappa shape index (κ3) is 4.33. The van der Waals surface area contributed by atoms with Crippen LogP contribution in [0.3, 0.4) is 0 Å². The van der Waals surface area contributed by atoms with E-state index in [0.717, 1.165) is 0 Å². The monoisotopic (exact) mass is 329 g/mol.